The van der Waals surface area contributed by atoms with E-state index in [0.29, 0.717) is 12.6 Å². The molecule has 4 nitrogen and oxygen atoms in total. The Morgan fingerprint density at radius 2 is 2.05 bits per heavy atom. The van der Waals surface area contributed by atoms with Gasteiger partial charge in [-0.05, 0) is 32.0 Å². The number of hydrogen-bond acceptors (Lipinski definition) is 3. The van der Waals surface area contributed by atoms with Crippen molar-refractivity contribution in [1.29, 1.82) is 0 Å². The van der Waals surface area contributed by atoms with E-state index in [9.17, 15) is 0 Å². The molecule has 0 spiro atoms. The summed E-state index contributed by atoms with van der Waals surface area (Å²) in [6.45, 7) is 6.93. The largest absolute Gasteiger partial charge is 0.494 e. The number of nitrogens with zero attached hydrogens (tertiary/aromatic N) is 2. The van der Waals surface area contributed by atoms with Crippen LogP contribution in [0.4, 0.5) is 0 Å². The lowest BCUT2D eigenvalue weighted by Crippen LogP contribution is -2.33. The highest BCUT2D eigenvalue weighted by atomic mass is 16.5. The maximum Gasteiger partial charge on any atom is 0.119 e. The van der Waals surface area contributed by atoms with Gasteiger partial charge in [0.25, 0.3) is 0 Å². The summed E-state index contributed by atoms with van der Waals surface area (Å²) in [4.78, 5) is 4.46. The molecule has 1 aromatic heterocycles. The first-order chi connectivity index (χ1) is 10.3. The van der Waals surface area contributed by atoms with E-state index in [4.69, 9.17) is 4.74 Å². The van der Waals surface area contributed by atoms with Gasteiger partial charge in [0.1, 0.15) is 11.6 Å². The van der Waals surface area contributed by atoms with Crippen molar-refractivity contribution in [2.75, 3.05) is 13.2 Å². The van der Waals surface area contributed by atoms with Gasteiger partial charge in [-0.1, -0.05) is 25.1 Å². The Bertz CT molecular complexity index is 510. The van der Waals surface area contributed by atoms with Crippen molar-refractivity contribution in [1.82, 2.24) is 14.9 Å². The van der Waals surface area contributed by atoms with Crippen LogP contribution in [0.3, 0.4) is 0 Å². The Kier molecular flexibility index (Phi) is 6.28. The quantitative estimate of drug-likeness (QED) is 0.771. The average molecular weight is 287 g/mol. The van der Waals surface area contributed by atoms with Crippen LogP contribution in [0.5, 0.6) is 5.75 Å². The first-order valence-corrected chi connectivity index (χ1v) is 7.74. The molecule has 0 radical (unpaired) electrons. The summed E-state index contributed by atoms with van der Waals surface area (Å²) < 4.78 is 7.99. The maximum absolute atomic E-state index is 5.79. The molecule has 1 unspecified atom stereocenters. The van der Waals surface area contributed by atoms with E-state index in [1.165, 1.54) is 0 Å². The van der Waals surface area contributed by atoms with Crippen molar-refractivity contribution in [2.45, 2.75) is 39.3 Å². The van der Waals surface area contributed by atoms with Gasteiger partial charge in [0.2, 0.25) is 0 Å². The molecule has 0 bridgehead atoms. The Hall–Kier alpha value is -1.81. The van der Waals surface area contributed by atoms with Crippen molar-refractivity contribution in [3.63, 3.8) is 0 Å². The second-order valence-corrected chi connectivity index (χ2v) is 5.04. The molecule has 1 heterocycles. The van der Waals surface area contributed by atoms with Gasteiger partial charge in [-0.25, -0.2) is 4.98 Å². The molecule has 0 amide bonds. The molecule has 0 saturated heterocycles. The number of hydrogen-bond donors (Lipinski definition) is 1. The zero-order valence-electron chi connectivity index (χ0n) is 13.0. The predicted molar refractivity (Wildman–Crippen MR) is 85.6 cm³/mol. The molecule has 0 aliphatic heterocycles. The first kappa shape index (κ1) is 15.6. The fraction of sp³-hybridized carbons (Fsp3) is 0.471. The molecule has 114 valence electrons. The fourth-order valence-electron chi connectivity index (χ4n) is 2.44. The Labute approximate surface area is 127 Å². The smallest absolute Gasteiger partial charge is 0.119 e. The van der Waals surface area contributed by atoms with E-state index < -0.39 is 0 Å². The van der Waals surface area contributed by atoms with Crippen LogP contribution < -0.4 is 10.1 Å². The number of ether oxygens (including phenoxy) is 1. The van der Waals surface area contributed by atoms with E-state index in [1.54, 1.807) is 0 Å². The van der Waals surface area contributed by atoms with Crippen molar-refractivity contribution < 1.29 is 4.74 Å². The topological polar surface area (TPSA) is 39.1 Å². The molecule has 1 atom stereocenters. The number of benzene rings is 1. The zero-order valence-corrected chi connectivity index (χ0v) is 13.0. The van der Waals surface area contributed by atoms with Crippen molar-refractivity contribution in [3.8, 4) is 5.75 Å². The molecular weight excluding hydrogens is 262 g/mol. The molecule has 1 N–H and O–H groups in total. The van der Waals surface area contributed by atoms with Crippen LogP contribution in [-0.2, 0) is 13.0 Å². The monoisotopic (exact) mass is 287 g/mol. The van der Waals surface area contributed by atoms with Crippen LogP contribution in [0.1, 0.15) is 26.1 Å². The van der Waals surface area contributed by atoms with E-state index in [1.807, 2.05) is 42.7 Å². The second-order valence-electron chi connectivity index (χ2n) is 5.04. The SMILES string of the molecule is CCNC(CCOc1ccccc1)Cc1nccn1CC. The van der Waals surface area contributed by atoms with Gasteiger partial charge in [-0.15, -0.1) is 0 Å². The second kappa shape index (κ2) is 8.47. The van der Waals surface area contributed by atoms with E-state index >= 15 is 0 Å². The summed E-state index contributed by atoms with van der Waals surface area (Å²) >= 11 is 0. The minimum Gasteiger partial charge on any atom is -0.494 e. The van der Waals surface area contributed by atoms with Crippen LogP contribution in [0.25, 0.3) is 0 Å². The van der Waals surface area contributed by atoms with Crippen LogP contribution >= 0.6 is 0 Å². The summed E-state index contributed by atoms with van der Waals surface area (Å²) in [7, 11) is 0. The minimum atomic E-state index is 0.395. The highest BCUT2D eigenvalue weighted by Crippen LogP contribution is 2.10. The molecule has 0 aliphatic rings. The molecule has 0 fully saturated rings. The lowest BCUT2D eigenvalue weighted by atomic mass is 10.1. The van der Waals surface area contributed by atoms with Crippen molar-refractivity contribution in [3.05, 3.63) is 48.5 Å². The Morgan fingerprint density at radius 3 is 2.76 bits per heavy atom. The normalized spacial score (nSPS) is 12.3. The summed E-state index contributed by atoms with van der Waals surface area (Å²) in [5, 5.41) is 3.53. The molecule has 2 rings (SSSR count). The first-order valence-electron chi connectivity index (χ1n) is 7.74. The number of rotatable bonds is 9. The molecular formula is C17H25N3O. The number of likely N-dealkylation sites (N-methyl/N-ethyl adjacent to an activating group) is 1. The summed E-state index contributed by atoms with van der Waals surface area (Å²) in [6.07, 6.45) is 5.83. The Morgan fingerprint density at radius 1 is 1.24 bits per heavy atom. The predicted octanol–water partition coefficient (Wildman–Crippen LogP) is 2.89. The molecule has 1 aromatic carbocycles. The lowest BCUT2D eigenvalue weighted by Gasteiger charge is -2.18. The van der Waals surface area contributed by atoms with Gasteiger partial charge in [-0.2, -0.15) is 0 Å². The van der Waals surface area contributed by atoms with Crippen LogP contribution in [-0.4, -0.2) is 28.7 Å². The average Bonchev–Trinajstić information content (AvgIpc) is 2.96. The molecule has 2 aromatic rings. The number of nitrogens with one attached hydrogen (secondary N) is 1. The summed E-state index contributed by atoms with van der Waals surface area (Å²) in [5.74, 6) is 2.07. The minimum absolute atomic E-state index is 0.395. The Balaban J connectivity index is 1.84. The third-order valence-electron chi connectivity index (χ3n) is 3.54. The molecule has 21 heavy (non-hydrogen) atoms. The van der Waals surface area contributed by atoms with Crippen LogP contribution in [0, 0.1) is 0 Å². The highest BCUT2D eigenvalue weighted by Gasteiger charge is 2.12. The number of aromatic nitrogens is 2. The van der Waals surface area contributed by atoms with Crippen molar-refractivity contribution >= 4 is 0 Å². The summed E-state index contributed by atoms with van der Waals surface area (Å²) in [6, 6.07) is 10.4. The lowest BCUT2D eigenvalue weighted by molar-refractivity contribution is 0.284. The zero-order chi connectivity index (χ0) is 14.9. The van der Waals surface area contributed by atoms with Gasteiger partial charge in [0.05, 0.1) is 6.61 Å². The van der Waals surface area contributed by atoms with Crippen LogP contribution in [0.2, 0.25) is 0 Å². The van der Waals surface area contributed by atoms with Gasteiger partial charge in [-0.3, -0.25) is 0 Å². The third kappa shape index (κ3) is 4.90. The van der Waals surface area contributed by atoms with Crippen molar-refractivity contribution in [2.24, 2.45) is 0 Å². The number of para-hydroxylation sites is 1. The van der Waals surface area contributed by atoms with Gasteiger partial charge < -0.3 is 14.6 Å². The third-order valence-corrected chi connectivity index (χ3v) is 3.54. The van der Waals surface area contributed by atoms with Crippen LogP contribution in [0.15, 0.2) is 42.7 Å². The molecule has 0 saturated carbocycles. The maximum atomic E-state index is 5.79. The fourth-order valence-corrected chi connectivity index (χ4v) is 2.44. The standard InChI is InChI=1S/C17H25N3O/c1-3-18-15(14-17-19-11-12-20(17)4-2)10-13-21-16-8-6-5-7-9-16/h5-9,11-12,15,18H,3-4,10,13-14H2,1-2H3. The summed E-state index contributed by atoms with van der Waals surface area (Å²) in [5.41, 5.74) is 0. The van der Waals surface area contributed by atoms with E-state index in [-0.39, 0.29) is 0 Å². The molecule has 0 aliphatic carbocycles. The van der Waals surface area contributed by atoms with E-state index in [0.717, 1.165) is 37.5 Å². The van der Waals surface area contributed by atoms with E-state index in [2.05, 4.69) is 28.7 Å². The van der Waals surface area contributed by atoms with Gasteiger partial charge in [0, 0.05) is 31.4 Å². The molecule has 4 heteroatoms. The number of imidazole rings is 1. The number of aryl methyl sites for hydroxylation is 1. The van der Waals surface area contributed by atoms with Gasteiger partial charge in [0.15, 0.2) is 0 Å². The highest BCUT2D eigenvalue weighted by molar-refractivity contribution is 5.20. The van der Waals surface area contributed by atoms with Gasteiger partial charge >= 0.3 is 0 Å².